The molecule has 0 aromatic rings. The van der Waals surface area contributed by atoms with Crippen molar-refractivity contribution in [3.05, 3.63) is 0 Å². The summed E-state index contributed by atoms with van der Waals surface area (Å²) in [6.07, 6.45) is 8.95. The Morgan fingerprint density at radius 1 is 1.25 bits per heavy atom. The van der Waals surface area contributed by atoms with Crippen LogP contribution in [0.4, 0.5) is 0 Å². The van der Waals surface area contributed by atoms with Gasteiger partial charge in [0.15, 0.2) is 0 Å². The summed E-state index contributed by atoms with van der Waals surface area (Å²) in [5.74, 6) is 0.508. The summed E-state index contributed by atoms with van der Waals surface area (Å²) in [7, 11) is 3.66. The molecule has 0 aromatic carbocycles. The quantitative estimate of drug-likeness (QED) is 0.807. The second-order valence-electron chi connectivity index (χ2n) is 6.89. The van der Waals surface area contributed by atoms with Crippen molar-refractivity contribution in [3.63, 3.8) is 0 Å². The van der Waals surface area contributed by atoms with Gasteiger partial charge in [-0.25, -0.2) is 0 Å². The number of hydrogen-bond donors (Lipinski definition) is 1. The number of esters is 1. The highest BCUT2D eigenvalue weighted by Crippen LogP contribution is 2.35. The van der Waals surface area contributed by atoms with E-state index in [0.29, 0.717) is 12.1 Å². The molecule has 0 spiro atoms. The van der Waals surface area contributed by atoms with Gasteiger partial charge in [-0.15, -0.1) is 0 Å². The van der Waals surface area contributed by atoms with Gasteiger partial charge in [0.25, 0.3) is 0 Å². The molecule has 2 saturated carbocycles. The van der Waals surface area contributed by atoms with Crippen molar-refractivity contribution in [2.45, 2.75) is 75.9 Å². The molecule has 4 atom stereocenters. The Labute approximate surface area is 123 Å². The summed E-state index contributed by atoms with van der Waals surface area (Å²) in [5, 5.41) is 0. The van der Waals surface area contributed by atoms with Crippen LogP contribution in [0.5, 0.6) is 0 Å². The summed E-state index contributed by atoms with van der Waals surface area (Å²) in [6, 6.07) is 1.06. The zero-order valence-corrected chi connectivity index (χ0v) is 13.2. The van der Waals surface area contributed by atoms with Crippen LogP contribution in [-0.2, 0) is 9.53 Å². The van der Waals surface area contributed by atoms with Crippen LogP contribution in [-0.4, -0.2) is 42.6 Å². The first-order chi connectivity index (χ1) is 9.48. The lowest BCUT2D eigenvalue weighted by molar-refractivity contribution is -0.149. The van der Waals surface area contributed by atoms with Gasteiger partial charge in [-0.05, 0) is 51.5 Å². The molecule has 0 heterocycles. The van der Waals surface area contributed by atoms with Gasteiger partial charge >= 0.3 is 5.97 Å². The van der Waals surface area contributed by atoms with Crippen LogP contribution in [0.3, 0.4) is 0 Å². The Bertz CT molecular complexity index is 347. The molecule has 0 bridgehead atoms. The maximum atomic E-state index is 11.9. The first-order valence-electron chi connectivity index (χ1n) is 8.07. The zero-order valence-electron chi connectivity index (χ0n) is 13.2. The van der Waals surface area contributed by atoms with Gasteiger partial charge in [-0.2, -0.15) is 0 Å². The van der Waals surface area contributed by atoms with Gasteiger partial charge in [0.1, 0.15) is 5.54 Å². The number of ether oxygens (including phenoxy) is 1. The molecule has 20 heavy (non-hydrogen) atoms. The zero-order chi connectivity index (χ0) is 14.8. The molecule has 2 aliphatic rings. The second kappa shape index (κ2) is 6.44. The third-order valence-electron chi connectivity index (χ3n) is 5.52. The molecular formula is C16H30N2O2. The maximum Gasteiger partial charge on any atom is 0.325 e. The lowest BCUT2D eigenvalue weighted by atomic mass is 9.77. The lowest BCUT2D eigenvalue weighted by Crippen LogP contribution is -2.57. The lowest BCUT2D eigenvalue weighted by Gasteiger charge is -2.45. The number of carbonyl (C=O) groups is 1. The van der Waals surface area contributed by atoms with Crippen molar-refractivity contribution in [3.8, 4) is 0 Å². The van der Waals surface area contributed by atoms with E-state index in [1.807, 2.05) is 0 Å². The highest BCUT2D eigenvalue weighted by Gasteiger charge is 2.42. The summed E-state index contributed by atoms with van der Waals surface area (Å²) in [6.45, 7) is 2.36. The minimum atomic E-state index is -0.774. The molecule has 4 nitrogen and oxygen atoms in total. The Balaban J connectivity index is 2.02. The third kappa shape index (κ3) is 3.17. The topological polar surface area (TPSA) is 55.6 Å². The van der Waals surface area contributed by atoms with Crippen molar-refractivity contribution < 1.29 is 9.53 Å². The highest BCUT2D eigenvalue weighted by atomic mass is 16.5. The van der Waals surface area contributed by atoms with E-state index in [9.17, 15) is 4.79 Å². The average molecular weight is 282 g/mol. The van der Waals surface area contributed by atoms with E-state index in [2.05, 4.69) is 18.9 Å². The Morgan fingerprint density at radius 3 is 2.60 bits per heavy atom. The summed E-state index contributed by atoms with van der Waals surface area (Å²) < 4.78 is 4.90. The molecule has 0 aliphatic heterocycles. The molecule has 4 unspecified atom stereocenters. The van der Waals surface area contributed by atoms with E-state index in [1.165, 1.54) is 32.8 Å². The molecule has 116 valence electrons. The van der Waals surface area contributed by atoms with E-state index in [-0.39, 0.29) is 5.97 Å². The van der Waals surface area contributed by atoms with Gasteiger partial charge in [0.05, 0.1) is 7.11 Å². The van der Waals surface area contributed by atoms with Gasteiger partial charge in [-0.3, -0.25) is 4.79 Å². The Kier molecular flexibility index (Phi) is 5.08. The first-order valence-corrected chi connectivity index (χ1v) is 8.07. The highest BCUT2D eigenvalue weighted by molar-refractivity contribution is 5.80. The van der Waals surface area contributed by atoms with Crippen LogP contribution in [0, 0.1) is 5.92 Å². The van der Waals surface area contributed by atoms with E-state index in [1.54, 1.807) is 0 Å². The molecule has 0 radical (unpaired) electrons. The van der Waals surface area contributed by atoms with Crippen LogP contribution in [0.15, 0.2) is 0 Å². The van der Waals surface area contributed by atoms with Crippen LogP contribution >= 0.6 is 0 Å². The number of nitrogens with zero attached hydrogens (tertiary/aromatic N) is 1. The third-order valence-corrected chi connectivity index (χ3v) is 5.52. The van der Waals surface area contributed by atoms with Crippen LogP contribution < -0.4 is 5.73 Å². The van der Waals surface area contributed by atoms with E-state index >= 15 is 0 Å². The Hall–Kier alpha value is -0.610. The molecule has 0 saturated heterocycles. The molecule has 2 aliphatic carbocycles. The summed E-state index contributed by atoms with van der Waals surface area (Å²) in [5.41, 5.74) is 5.53. The molecule has 4 heteroatoms. The maximum absolute atomic E-state index is 11.9. The molecule has 2 fully saturated rings. The molecular weight excluding hydrogens is 252 g/mol. The van der Waals surface area contributed by atoms with Gasteiger partial charge in [0.2, 0.25) is 0 Å². The van der Waals surface area contributed by atoms with Crippen molar-refractivity contribution in [2.24, 2.45) is 11.7 Å². The van der Waals surface area contributed by atoms with Gasteiger partial charge < -0.3 is 15.4 Å². The van der Waals surface area contributed by atoms with Gasteiger partial charge in [0, 0.05) is 12.1 Å². The van der Waals surface area contributed by atoms with E-state index in [4.69, 9.17) is 10.5 Å². The second-order valence-corrected chi connectivity index (χ2v) is 6.89. The standard InChI is InChI=1S/C16H30N2O2/c1-12-7-4-5-9-14(12)18(2)13-8-6-10-16(17,11-13)15(19)20-3/h12-14H,4-11,17H2,1-3H3. The van der Waals surface area contributed by atoms with Crippen molar-refractivity contribution in [1.29, 1.82) is 0 Å². The minimum absolute atomic E-state index is 0.243. The number of hydrogen-bond acceptors (Lipinski definition) is 4. The van der Waals surface area contributed by atoms with Crippen molar-refractivity contribution in [2.75, 3.05) is 14.2 Å². The first kappa shape index (κ1) is 15.8. The average Bonchev–Trinajstić information content (AvgIpc) is 2.46. The van der Waals surface area contributed by atoms with Crippen LogP contribution in [0.1, 0.15) is 58.3 Å². The normalized spacial score (nSPS) is 38.8. The predicted octanol–water partition coefficient (Wildman–Crippen LogP) is 2.31. The SMILES string of the molecule is COC(=O)C1(N)CCCC(N(C)C2CCCCC2C)C1. The summed E-state index contributed by atoms with van der Waals surface area (Å²) in [4.78, 5) is 14.4. The molecule has 2 rings (SSSR count). The van der Waals surface area contributed by atoms with E-state index in [0.717, 1.165) is 31.6 Å². The minimum Gasteiger partial charge on any atom is -0.468 e. The molecule has 0 aromatic heterocycles. The van der Waals surface area contributed by atoms with E-state index < -0.39 is 5.54 Å². The summed E-state index contributed by atoms with van der Waals surface area (Å²) >= 11 is 0. The van der Waals surface area contributed by atoms with Crippen molar-refractivity contribution >= 4 is 5.97 Å². The molecule has 0 amide bonds. The Morgan fingerprint density at radius 2 is 1.95 bits per heavy atom. The molecule has 2 N–H and O–H groups in total. The number of nitrogens with two attached hydrogens (primary N) is 1. The fraction of sp³-hybridized carbons (Fsp3) is 0.938. The number of rotatable bonds is 3. The predicted molar refractivity (Wildman–Crippen MR) is 80.4 cm³/mol. The largest absolute Gasteiger partial charge is 0.468 e. The number of methoxy groups -OCH3 is 1. The van der Waals surface area contributed by atoms with Crippen LogP contribution in [0.25, 0.3) is 0 Å². The van der Waals surface area contributed by atoms with Crippen LogP contribution in [0.2, 0.25) is 0 Å². The van der Waals surface area contributed by atoms with Gasteiger partial charge in [-0.1, -0.05) is 19.8 Å². The smallest absolute Gasteiger partial charge is 0.325 e. The fourth-order valence-corrected chi connectivity index (χ4v) is 4.19. The monoisotopic (exact) mass is 282 g/mol. The fourth-order valence-electron chi connectivity index (χ4n) is 4.19. The number of carbonyl (C=O) groups excluding carboxylic acids is 1. The van der Waals surface area contributed by atoms with Crippen molar-refractivity contribution in [1.82, 2.24) is 4.90 Å².